The number of hydrogen-bond donors (Lipinski definition) is 1. The fraction of sp³-hybridized carbons (Fsp3) is 0.500. The molecule has 3 nitrogen and oxygen atoms in total. The molecule has 3 heteroatoms. The third kappa shape index (κ3) is 3.57. The molecular weight excluding hydrogens is 236 g/mol. The summed E-state index contributed by atoms with van der Waals surface area (Å²) in [6, 6.07) is 11.3. The lowest BCUT2D eigenvalue weighted by molar-refractivity contribution is -0.121. The number of nitrogens with zero attached hydrogens (tertiary/aromatic N) is 1. The Balaban J connectivity index is 1.90. The maximum Gasteiger partial charge on any atom is 0.241 e. The lowest BCUT2D eigenvalue weighted by Crippen LogP contribution is -2.32. The van der Waals surface area contributed by atoms with Crippen LogP contribution in [0.2, 0.25) is 0 Å². The van der Waals surface area contributed by atoms with Crippen molar-refractivity contribution in [3.8, 4) is 6.07 Å². The van der Waals surface area contributed by atoms with E-state index in [4.69, 9.17) is 0 Å². The molecule has 0 heterocycles. The number of amides is 1. The molecule has 1 aromatic carbocycles. The SMILES string of the molecule is CC1CCC(CNC(=O)C(C#N)c2ccccc2)C1. The van der Waals surface area contributed by atoms with E-state index < -0.39 is 5.92 Å². The van der Waals surface area contributed by atoms with Gasteiger partial charge in [0.15, 0.2) is 0 Å². The summed E-state index contributed by atoms with van der Waals surface area (Å²) in [5, 5.41) is 12.1. The molecule has 0 bridgehead atoms. The summed E-state index contributed by atoms with van der Waals surface area (Å²) in [7, 11) is 0. The highest BCUT2D eigenvalue weighted by Crippen LogP contribution is 2.29. The molecule has 1 N–H and O–H groups in total. The van der Waals surface area contributed by atoms with Crippen LogP contribution in [-0.2, 0) is 4.79 Å². The number of rotatable bonds is 4. The van der Waals surface area contributed by atoms with Crippen molar-refractivity contribution in [1.29, 1.82) is 5.26 Å². The van der Waals surface area contributed by atoms with Crippen LogP contribution >= 0.6 is 0 Å². The Labute approximate surface area is 114 Å². The van der Waals surface area contributed by atoms with Crippen molar-refractivity contribution in [2.24, 2.45) is 11.8 Å². The van der Waals surface area contributed by atoms with E-state index in [1.165, 1.54) is 19.3 Å². The largest absolute Gasteiger partial charge is 0.354 e. The molecule has 1 aromatic rings. The van der Waals surface area contributed by atoms with E-state index >= 15 is 0 Å². The van der Waals surface area contributed by atoms with Gasteiger partial charge in [0, 0.05) is 6.54 Å². The third-order valence-electron chi connectivity index (χ3n) is 3.89. The van der Waals surface area contributed by atoms with Crippen molar-refractivity contribution in [3.63, 3.8) is 0 Å². The summed E-state index contributed by atoms with van der Waals surface area (Å²) in [6.45, 7) is 2.96. The van der Waals surface area contributed by atoms with E-state index in [-0.39, 0.29) is 5.91 Å². The molecule has 1 amide bonds. The van der Waals surface area contributed by atoms with Gasteiger partial charge in [-0.3, -0.25) is 4.79 Å². The molecule has 3 atom stereocenters. The first-order chi connectivity index (χ1) is 9.20. The Bertz CT molecular complexity index is 463. The zero-order valence-corrected chi connectivity index (χ0v) is 11.3. The van der Waals surface area contributed by atoms with Gasteiger partial charge in [0.25, 0.3) is 0 Å². The average Bonchev–Trinajstić information content (AvgIpc) is 2.84. The standard InChI is InChI=1S/C16H20N2O/c1-12-7-8-13(9-12)11-18-16(19)15(10-17)14-5-3-2-4-6-14/h2-6,12-13,15H,7-9,11H2,1H3,(H,18,19). The van der Waals surface area contributed by atoms with Gasteiger partial charge in [0.1, 0.15) is 5.92 Å². The monoisotopic (exact) mass is 256 g/mol. The van der Waals surface area contributed by atoms with Gasteiger partial charge in [-0.1, -0.05) is 43.7 Å². The number of carbonyl (C=O) groups is 1. The predicted octanol–water partition coefficient (Wildman–Crippen LogP) is 2.85. The highest BCUT2D eigenvalue weighted by Gasteiger charge is 2.24. The molecule has 2 rings (SSSR count). The van der Waals surface area contributed by atoms with Crippen LogP contribution in [0.25, 0.3) is 0 Å². The molecule has 0 aromatic heterocycles. The van der Waals surface area contributed by atoms with Crippen molar-refractivity contribution in [2.75, 3.05) is 6.54 Å². The van der Waals surface area contributed by atoms with Crippen LogP contribution in [0.4, 0.5) is 0 Å². The number of nitriles is 1. The Morgan fingerprint density at radius 1 is 1.42 bits per heavy atom. The fourth-order valence-corrected chi connectivity index (χ4v) is 2.79. The van der Waals surface area contributed by atoms with E-state index in [9.17, 15) is 10.1 Å². The number of nitrogens with one attached hydrogen (secondary N) is 1. The zero-order valence-electron chi connectivity index (χ0n) is 11.3. The fourth-order valence-electron chi connectivity index (χ4n) is 2.79. The number of hydrogen-bond acceptors (Lipinski definition) is 2. The Kier molecular flexibility index (Phi) is 4.57. The van der Waals surface area contributed by atoms with Crippen LogP contribution in [0.5, 0.6) is 0 Å². The molecule has 19 heavy (non-hydrogen) atoms. The Morgan fingerprint density at radius 2 is 2.16 bits per heavy atom. The van der Waals surface area contributed by atoms with E-state index in [0.717, 1.165) is 11.5 Å². The third-order valence-corrected chi connectivity index (χ3v) is 3.89. The summed E-state index contributed by atoms with van der Waals surface area (Å²) >= 11 is 0. The van der Waals surface area contributed by atoms with Gasteiger partial charge in [-0.25, -0.2) is 0 Å². The van der Waals surface area contributed by atoms with Gasteiger partial charge in [-0.2, -0.15) is 5.26 Å². The first kappa shape index (κ1) is 13.6. The van der Waals surface area contributed by atoms with Crippen LogP contribution in [-0.4, -0.2) is 12.5 Å². The number of benzene rings is 1. The Hall–Kier alpha value is -1.82. The highest BCUT2D eigenvalue weighted by molar-refractivity contribution is 5.86. The van der Waals surface area contributed by atoms with Gasteiger partial charge in [0.05, 0.1) is 6.07 Å². The van der Waals surface area contributed by atoms with Crippen LogP contribution in [0.1, 0.15) is 37.7 Å². The summed E-state index contributed by atoms with van der Waals surface area (Å²) in [4.78, 5) is 12.1. The summed E-state index contributed by atoms with van der Waals surface area (Å²) in [6.07, 6.45) is 3.62. The van der Waals surface area contributed by atoms with E-state index in [0.29, 0.717) is 12.5 Å². The van der Waals surface area contributed by atoms with Gasteiger partial charge >= 0.3 is 0 Å². The van der Waals surface area contributed by atoms with E-state index in [1.54, 1.807) is 0 Å². The van der Waals surface area contributed by atoms with E-state index in [2.05, 4.69) is 18.3 Å². The maximum absolute atomic E-state index is 12.1. The number of carbonyl (C=O) groups excluding carboxylic acids is 1. The molecule has 0 spiro atoms. The van der Waals surface area contributed by atoms with Crippen molar-refractivity contribution in [2.45, 2.75) is 32.1 Å². The second-order valence-corrected chi connectivity index (χ2v) is 5.50. The molecule has 1 aliphatic rings. The molecular formula is C16H20N2O. The van der Waals surface area contributed by atoms with Crippen LogP contribution in [0.15, 0.2) is 30.3 Å². The molecule has 1 saturated carbocycles. The zero-order chi connectivity index (χ0) is 13.7. The first-order valence-electron chi connectivity index (χ1n) is 6.93. The Morgan fingerprint density at radius 3 is 2.74 bits per heavy atom. The van der Waals surface area contributed by atoms with Gasteiger partial charge < -0.3 is 5.32 Å². The minimum absolute atomic E-state index is 0.173. The van der Waals surface area contributed by atoms with Crippen molar-refractivity contribution in [3.05, 3.63) is 35.9 Å². The van der Waals surface area contributed by atoms with Crippen LogP contribution in [0.3, 0.4) is 0 Å². The quantitative estimate of drug-likeness (QED) is 0.900. The topological polar surface area (TPSA) is 52.9 Å². The van der Waals surface area contributed by atoms with Crippen LogP contribution < -0.4 is 5.32 Å². The molecule has 1 fully saturated rings. The van der Waals surface area contributed by atoms with E-state index in [1.807, 2.05) is 30.3 Å². The first-order valence-corrected chi connectivity index (χ1v) is 6.93. The summed E-state index contributed by atoms with van der Waals surface area (Å²) in [5.41, 5.74) is 0.766. The minimum atomic E-state index is -0.694. The smallest absolute Gasteiger partial charge is 0.241 e. The predicted molar refractivity (Wildman–Crippen MR) is 74.3 cm³/mol. The van der Waals surface area contributed by atoms with Gasteiger partial charge in [0.2, 0.25) is 5.91 Å². The van der Waals surface area contributed by atoms with Crippen LogP contribution in [0, 0.1) is 23.2 Å². The summed E-state index contributed by atoms with van der Waals surface area (Å²) < 4.78 is 0. The minimum Gasteiger partial charge on any atom is -0.354 e. The lowest BCUT2D eigenvalue weighted by Gasteiger charge is -2.14. The van der Waals surface area contributed by atoms with Crippen molar-refractivity contribution >= 4 is 5.91 Å². The molecule has 0 saturated heterocycles. The van der Waals surface area contributed by atoms with Crippen molar-refractivity contribution < 1.29 is 4.79 Å². The normalized spacial score (nSPS) is 23.6. The molecule has 1 aliphatic carbocycles. The van der Waals surface area contributed by atoms with Crippen molar-refractivity contribution in [1.82, 2.24) is 5.32 Å². The molecule has 100 valence electrons. The molecule has 0 radical (unpaired) electrons. The average molecular weight is 256 g/mol. The second kappa shape index (κ2) is 6.38. The second-order valence-electron chi connectivity index (χ2n) is 5.50. The molecule has 0 aliphatic heterocycles. The highest BCUT2D eigenvalue weighted by atomic mass is 16.1. The van der Waals surface area contributed by atoms with Gasteiger partial charge in [-0.15, -0.1) is 0 Å². The van der Waals surface area contributed by atoms with Gasteiger partial charge in [-0.05, 0) is 30.2 Å². The lowest BCUT2D eigenvalue weighted by atomic mass is 9.99. The molecule has 3 unspecified atom stereocenters. The summed E-state index contributed by atoms with van der Waals surface area (Å²) in [5.74, 6) is 0.477. The maximum atomic E-state index is 12.1.